The molecular formula is C13H20N2O2. The zero-order chi connectivity index (χ0) is 12.7. The van der Waals surface area contributed by atoms with Crippen LogP contribution in [0, 0.1) is 0 Å². The van der Waals surface area contributed by atoms with Crippen LogP contribution in [0.1, 0.15) is 37.8 Å². The van der Waals surface area contributed by atoms with E-state index in [9.17, 15) is 4.79 Å². The normalized spacial score (nSPS) is 12.2. The number of esters is 1. The van der Waals surface area contributed by atoms with Crippen molar-refractivity contribution in [3.8, 4) is 5.75 Å². The lowest BCUT2D eigenvalue weighted by Gasteiger charge is -2.12. The van der Waals surface area contributed by atoms with E-state index in [1.165, 1.54) is 6.92 Å². The summed E-state index contributed by atoms with van der Waals surface area (Å²) in [6, 6.07) is 7.32. The van der Waals surface area contributed by atoms with Gasteiger partial charge in [0.1, 0.15) is 5.75 Å². The second-order valence-corrected chi connectivity index (χ2v) is 4.06. The number of hydrogen-bond acceptors (Lipinski definition) is 4. The van der Waals surface area contributed by atoms with Crippen molar-refractivity contribution < 1.29 is 9.53 Å². The molecule has 4 N–H and O–H groups in total. The van der Waals surface area contributed by atoms with E-state index in [1.54, 1.807) is 6.07 Å². The number of ether oxygens (including phenoxy) is 1. The van der Waals surface area contributed by atoms with Crippen molar-refractivity contribution >= 4 is 5.97 Å². The van der Waals surface area contributed by atoms with Gasteiger partial charge in [-0.1, -0.05) is 18.6 Å². The van der Waals surface area contributed by atoms with E-state index in [2.05, 4.69) is 0 Å². The molecule has 0 amide bonds. The van der Waals surface area contributed by atoms with Gasteiger partial charge in [0.15, 0.2) is 0 Å². The lowest BCUT2D eigenvalue weighted by atomic mass is 10.0. The summed E-state index contributed by atoms with van der Waals surface area (Å²) in [5.74, 6) is 0.225. The van der Waals surface area contributed by atoms with Gasteiger partial charge in [-0.3, -0.25) is 4.79 Å². The van der Waals surface area contributed by atoms with Gasteiger partial charge in [-0.2, -0.15) is 0 Å². The Hall–Kier alpha value is -1.39. The SMILES string of the molecule is CC(=O)Oc1cccc([C@H](N)CCCCN)c1. The van der Waals surface area contributed by atoms with Gasteiger partial charge in [0.05, 0.1) is 0 Å². The summed E-state index contributed by atoms with van der Waals surface area (Å²) < 4.78 is 5.02. The van der Waals surface area contributed by atoms with E-state index in [-0.39, 0.29) is 12.0 Å². The zero-order valence-corrected chi connectivity index (χ0v) is 10.2. The molecule has 0 bridgehead atoms. The number of nitrogens with two attached hydrogens (primary N) is 2. The number of benzene rings is 1. The molecule has 1 aromatic rings. The fourth-order valence-electron chi connectivity index (χ4n) is 1.65. The summed E-state index contributed by atoms with van der Waals surface area (Å²) in [5.41, 5.74) is 12.5. The standard InChI is InChI=1S/C13H20N2O2/c1-10(16)17-12-6-4-5-11(9-12)13(15)7-2-3-8-14/h4-6,9,13H,2-3,7-8,14-15H2,1H3/t13-/m1/s1. The molecule has 0 aliphatic rings. The van der Waals surface area contributed by atoms with Crippen molar-refractivity contribution in [3.05, 3.63) is 29.8 Å². The molecule has 0 heterocycles. The fraction of sp³-hybridized carbons (Fsp3) is 0.462. The number of carbonyl (C=O) groups is 1. The number of carbonyl (C=O) groups excluding carboxylic acids is 1. The van der Waals surface area contributed by atoms with Crippen LogP contribution in [0.5, 0.6) is 5.75 Å². The van der Waals surface area contributed by atoms with Crippen molar-refractivity contribution in [2.75, 3.05) is 6.54 Å². The van der Waals surface area contributed by atoms with Crippen LogP contribution < -0.4 is 16.2 Å². The van der Waals surface area contributed by atoms with Gasteiger partial charge >= 0.3 is 5.97 Å². The molecule has 0 aromatic heterocycles. The van der Waals surface area contributed by atoms with Crippen molar-refractivity contribution in [2.45, 2.75) is 32.2 Å². The second kappa shape index (κ2) is 7.04. The van der Waals surface area contributed by atoms with Crippen LogP contribution in [-0.4, -0.2) is 12.5 Å². The maximum Gasteiger partial charge on any atom is 0.308 e. The van der Waals surface area contributed by atoms with E-state index in [1.807, 2.05) is 18.2 Å². The molecule has 4 heteroatoms. The summed E-state index contributed by atoms with van der Waals surface area (Å²) in [6.07, 6.45) is 2.88. The Morgan fingerprint density at radius 1 is 1.41 bits per heavy atom. The summed E-state index contributed by atoms with van der Waals surface area (Å²) >= 11 is 0. The maximum atomic E-state index is 10.8. The highest BCUT2D eigenvalue weighted by atomic mass is 16.5. The minimum atomic E-state index is -0.321. The first kappa shape index (κ1) is 13.7. The van der Waals surface area contributed by atoms with Crippen molar-refractivity contribution in [3.63, 3.8) is 0 Å². The highest BCUT2D eigenvalue weighted by Crippen LogP contribution is 2.21. The third kappa shape index (κ3) is 4.97. The fourth-order valence-corrected chi connectivity index (χ4v) is 1.65. The summed E-state index contributed by atoms with van der Waals surface area (Å²) in [6.45, 7) is 2.08. The van der Waals surface area contributed by atoms with Gasteiger partial charge in [-0.15, -0.1) is 0 Å². The molecule has 0 saturated carbocycles. The van der Waals surface area contributed by atoms with Crippen LogP contribution in [0.3, 0.4) is 0 Å². The molecule has 0 aliphatic carbocycles. The number of unbranched alkanes of at least 4 members (excludes halogenated alkanes) is 1. The first-order valence-electron chi connectivity index (χ1n) is 5.87. The summed E-state index contributed by atoms with van der Waals surface area (Å²) in [7, 11) is 0. The molecule has 1 aromatic carbocycles. The highest BCUT2D eigenvalue weighted by molar-refractivity contribution is 5.69. The van der Waals surface area contributed by atoms with Crippen molar-refractivity contribution in [2.24, 2.45) is 11.5 Å². The monoisotopic (exact) mass is 236 g/mol. The number of rotatable bonds is 6. The molecule has 0 aliphatic heterocycles. The molecule has 1 atom stereocenters. The van der Waals surface area contributed by atoms with Crippen LogP contribution in [-0.2, 0) is 4.79 Å². The molecular weight excluding hydrogens is 216 g/mol. The van der Waals surface area contributed by atoms with Gasteiger partial charge in [-0.05, 0) is 37.1 Å². The third-order valence-electron chi connectivity index (χ3n) is 2.52. The molecule has 94 valence electrons. The average Bonchev–Trinajstić information content (AvgIpc) is 2.28. The van der Waals surface area contributed by atoms with Gasteiger partial charge < -0.3 is 16.2 Å². The van der Waals surface area contributed by atoms with E-state index in [0.717, 1.165) is 24.8 Å². The predicted octanol–water partition coefficient (Wildman–Crippen LogP) is 1.74. The maximum absolute atomic E-state index is 10.8. The Balaban J connectivity index is 2.60. The van der Waals surface area contributed by atoms with Crippen molar-refractivity contribution in [1.29, 1.82) is 0 Å². The highest BCUT2D eigenvalue weighted by Gasteiger charge is 2.07. The minimum Gasteiger partial charge on any atom is -0.427 e. The van der Waals surface area contributed by atoms with Crippen LogP contribution >= 0.6 is 0 Å². The van der Waals surface area contributed by atoms with Gasteiger partial charge in [0.2, 0.25) is 0 Å². The van der Waals surface area contributed by atoms with Gasteiger partial charge in [-0.25, -0.2) is 0 Å². The minimum absolute atomic E-state index is 0.0305. The average molecular weight is 236 g/mol. The third-order valence-corrected chi connectivity index (χ3v) is 2.52. The van der Waals surface area contributed by atoms with Crippen molar-refractivity contribution in [1.82, 2.24) is 0 Å². The lowest BCUT2D eigenvalue weighted by Crippen LogP contribution is -2.11. The predicted molar refractivity (Wildman–Crippen MR) is 67.6 cm³/mol. The Labute approximate surface area is 102 Å². The zero-order valence-electron chi connectivity index (χ0n) is 10.2. The first-order valence-corrected chi connectivity index (χ1v) is 5.87. The van der Waals surface area contributed by atoms with E-state index in [4.69, 9.17) is 16.2 Å². The van der Waals surface area contributed by atoms with E-state index < -0.39 is 0 Å². The summed E-state index contributed by atoms with van der Waals surface area (Å²) in [4.78, 5) is 10.8. The lowest BCUT2D eigenvalue weighted by molar-refractivity contribution is -0.131. The Morgan fingerprint density at radius 2 is 2.18 bits per heavy atom. The topological polar surface area (TPSA) is 78.3 Å². The molecule has 17 heavy (non-hydrogen) atoms. The first-order chi connectivity index (χ1) is 8.13. The van der Waals surface area contributed by atoms with E-state index in [0.29, 0.717) is 12.3 Å². The van der Waals surface area contributed by atoms with Crippen LogP contribution in [0.4, 0.5) is 0 Å². The second-order valence-electron chi connectivity index (χ2n) is 4.06. The van der Waals surface area contributed by atoms with Crippen LogP contribution in [0.15, 0.2) is 24.3 Å². The van der Waals surface area contributed by atoms with Gasteiger partial charge in [0.25, 0.3) is 0 Å². The van der Waals surface area contributed by atoms with E-state index >= 15 is 0 Å². The molecule has 0 spiro atoms. The smallest absolute Gasteiger partial charge is 0.308 e. The van der Waals surface area contributed by atoms with Crippen LogP contribution in [0.25, 0.3) is 0 Å². The molecule has 0 saturated heterocycles. The molecule has 0 unspecified atom stereocenters. The van der Waals surface area contributed by atoms with Gasteiger partial charge in [0, 0.05) is 13.0 Å². The van der Waals surface area contributed by atoms with Crippen LogP contribution in [0.2, 0.25) is 0 Å². The molecule has 0 fully saturated rings. The molecule has 4 nitrogen and oxygen atoms in total. The largest absolute Gasteiger partial charge is 0.427 e. The Morgan fingerprint density at radius 3 is 2.82 bits per heavy atom. The Kier molecular flexibility index (Phi) is 5.66. The summed E-state index contributed by atoms with van der Waals surface area (Å²) in [5, 5.41) is 0. The molecule has 1 rings (SSSR count). The Bertz CT molecular complexity index is 366. The molecule has 0 radical (unpaired) electrons. The quantitative estimate of drug-likeness (QED) is 0.448. The number of hydrogen-bond donors (Lipinski definition) is 2.